The lowest BCUT2D eigenvalue weighted by atomic mass is 10.1. The second-order valence-electron chi connectivity index (χ2n) is 6.64. The van der Waals surface area contributed by atoms with Gasteiger partial charge in [-0.05, 0) is 48.9 Å². The first-order valence-electron chi connectivity index (χ1n) is 8.11. The molecule has 8 heteroatoms. The number of halogens is 2. The Morgan fingerprint density at radius 3 is 2.12 bits per heavy atom. The average molecular weight is 395 g/mol. The van der Waals surface area contributed by atoms with Crippen LogP contribution in [0.25, 0.3) is 0 Å². The van der Waals surface area contributed by atoms with Crippen LogP contribution in [0.5, 0.6) is 0 Å². The Bertz CT molecular complexity index is 994. The zero-order chi connectivity index (χ0) is 18.6. The summed E-state index contributed by atoms with van der Waals surface area (Å²) in [6.07, 6.45) is 0. The summed E-state index contributed by atoms with van der Waals surface area (Å²) < 4.78 is 37.7. The number of fused-ring (bicyclic) bond motifs is 1. The standard InChI is InChI=1S/C18H16ClFN2O3S/c1-11-2-5-14(8-15(11)19)22-17-10-26(24,25)9-16(17)21(18(22)23)13-6-3-12(20)4-7-13/h2-8,16-17H,9-10H2,1H3/t16-,17-/m1/s1. The largest absolute Gasteiger partial charge is 0.329 e. The SMILES string of the molecule is Cc1ccc(N2C(=O)N(c3ccc(F)cc3)[C@@H]3CS(=O)(=O)C[C@H]32)cc1Cl. The lowest BCUT2D eigenvalue weighted by Crippen LogP contribution is -2.37. The Kier molecular flexibility index (Phi) is 3.96. The molecule has 2 aromatic rings. The van der Waals surface area contributed by atoms with Crippen LogP contribution in [0.2, 0.25) is 5.02 Å². The van der Waals surface area contributed by atoms with Gasteiger partial charge in [0.05, 0.1) is 23.6 Å². The van der Waals surface area contributed by atoms with Crippen molar-refractivity contribution in [3.8, 4) is 0 Å². The van der Waals surface area contributed by atoms with Crippen LogP contribution in [-0.2, 0) is 9.84 Å². The van der Waals surface area contributed by atoms with E-state index in [-0.39, 0.29) is 17.5 Å². The van der Waals surface area contributed by atoms with Crippen molar-refractivity contribution in [2.75, 3.05) is 21.3 Å². The van der Waals surface area contributed by atoms with Crippen molar-refractivity contribution >= 4 is 38.8 Å². The number of carbonyl (C=O) groups excluding carboxylic acids is 1. The van der Waals surface area contributed by atoms with Crippen LogP contribution >= 0.6 is 11.6 Å². The van der Waals surface area contributed by atoms with Crippen LogP contribution in [0.4, 0.5) is 20.6 Å². The van der Waals surface area contributed by atoms with Gasteiger partial charge in [0, 0.05) is 16.4 Å². The Morgan fingerprint density at radius 1 is 1.00 bits per heavy atom. The first-order valence-corrected chi connectivity index (χ1v) is 10.3. The molecule has 0 aromatic heterocycles. The molecule has 0 radical (unpaired) electrons. The molecule has 2 aliphatic heterocycles. The summed E-state index contributed by atoms with van der Waals surface area (Å²) in [6.45, 7) is 1.85. The van der Waals surface area contributed by atoms with E-state index >= 15 is 0 Å². The molecular formula is C18H16ClFN2O3S. The smallest absolute Gasteiger partial charge is 0.288 e. The summed E-state index contributed by atoms with van der Waals surface area (Å²) in [5.74, 6) is -0.637. The van der Waals surface area contributed by atoms with Crippen molar-refractivity contribution in [2.24, 2.45) is 0 Å². The van der Waals surface area contributed by atoms with Gasteiger partial charge < -0.3 is 0 Å². The summed E-state index contributed by atoms with van der Waals surface area (Å²) in [5.41, 5.74) is 1.90. The van der Waals surface area contributed by atoms with Gasteiger partial charge in [0.1, 0.15) is 5.82 Å². The quantitative estimate of drug-likeness (QED) is 0.733. The van der Waals surface area contributed by atoms with Gasteiger partial charge in [-0.1, -0.05) is 17.7 Å². The van der Waals surface area contributed by atoms with E-state index in [0.717, 1.165) is 5.56 Å². The molecule has 2 aliphatic rings. The number of carbonyl (C=O) groups is 1. The fourth-order valence-corrected chi connectivity index (χ4v) is 5.73. The van der Waals surface area contributed by atoms with Crippen molar-refractivity contribution in [1.29, 1.82) is 0 Å². The molecule has 0 spiro atoms. The minimum atomic E-state index is -3.28. The fourth-order valence-electron chi connectivity index (χ4n) is 3.64. The molecule has 4 rings (SSSR count). The lowest BCUT2D eigenvalue weighted by molar-refractivity contribution is 0.255. The summed E-state index contributed by atoms with van der Waals surface area (Å²) in [5, 5.41) is 0.507. The normalized spacial score (nSPS) is 24.2. The zero-order valence-corrected chi connectivity index (χ0v) is 15.5. The first-order chi connectivity index (χ1) is 12.3. The molecule has 26 heavy (non-hydrogen) atoms. The molecule has 2 heterocycles. The van der Waals surface area contributed by atoms with E-state index < -0.39 is 27.7 Å². The molecule has 2 aromatic carbocycles. The van der Waals surface area contributed by atoms with Gasteiger partial charge in [-0.25, -0.2) is 17.6 Å². The molecule has 5 nitrogen and oxygen atoms in total. The first kappa shape index (κ1) is 17.3. The van der Waals surface area contributed by atoms with Crippen molar-refractivity contribution in [2.45, 2.75) is 19.0 Å². The van der Waals surface area contributed by atoms with E-state index in [2.05, 4.69) is 0 Å². The van der Waals surface area contributed by atoms with Crippen LogP contribution in [0.3, 0.4) is 0 Å². The summed E-state index contributed by atoms with van der Waals surface area (Å²) in [4.78, 5) is 16.1. The van der Waals surface area contributed by atoms with Gasteiger partial charge >= 0.3 is 6.03 Å². The predicted molar refractivity (Wildman–Crippen MR) is 99.2 cm³/mol. The monoisotopic (exact) mass is 394 g/mol. The number of sulfone groups is 1. The maximum Gasteiger partial charge on any atom is 0.329 e. The van der Waals surface area contributed by atoms with E-state index in [9.17, 15) is 17.6 Å². The number of hydrogen-bond donors (Lipinski definition) is 0. The zero-order valence-electron chi connectivity index (χ0n) is 13.9. The highest BCUT2D eigenvalue weighted by Crippen LogP contribution is 2.38. The van der Waals surface area contributed by atoms with Crippen molar-refractivity contribution in [1.82, 2.24) is 0 Å². The average Bonchev–Trinajstić information content (AvgIpc) is 3.00. The lowest BCUT2D eigenvalue weighted by Gasteiger charge is -2.23. The number of hydrogen-bond acceptors (Lipinski definition) is 3. The number of anilines is 2. The maximum absolute atomic E-state index is 13.3. The molecule has 2 saturated heterocycles. The van der Waals surface area contributed by atoms with Crippen molar-refractivity contribution < 1.29 is 17.6 Å². The highest BCUT2D eigenvalue weighted by atomic mass is 35.5. The van der Waals surface area contributed by atoms with E-state index in [0.29, 0.717) is 16.4 Å². The summed E-state index contributed by atoms with van der Waals surface area (Å²) in [7, 11) is -3.28. The Hall–Kier alpha value is -2.12. The molecule has 2 amide bonds. The predicted octanol–water partition coefficient (Wildman–Crippen LogP) is 3.40. The molecule has 0 bridgehead atoms. The number of benzene rings is 2. The summed E-state index contributed by atoms with van der Waals surface area (Å²) in [6, 6.07) is 9.36. The molecule has 2 fully saturated rings. The molecule has 136 valence electrons. The number of nitrogens with zero attached hydrogens (tertiary/aromatic N) is 2. The second kappa shape index (κ2) is 5.96. The fraction of sp³-hybridized carbons (Fsp3) is 0.278. The Balaban J connectivity index is 1.81. The van der Waals surface area contributed by atoms with Crippen LogP contribution in [-0.4, -0.2) is 38.0 Å². The van der Waals surface area contributed by atoms with E-state index in [1.807, 2.05) is 6.92 Å². The van der Waals surface area contributed by atoms with Gasteiger partial charge in [-0.15, -0.1) is 0 Å². The third-order valence-electron chi connectivity index (χ3n) is 4.91. The number of aryl methyl sites for hydroxylation is 1. The van der Waals surface area contributed by atoms with Gasteiger partial charge in [-0.2, -0.15) is 0 Å². The van der Waals surface area contributed by atoms with Gasteiger partial charge in [0.2, 0.25) is 0 Å². The molecule has 2 atom stereocenters. The van der Waals surface area contributed by atoms with E-state index in [1.165, 1.54) is 34.1 Å². The number of urea groups is 1. The van der Waals surface area contributed by atoms with Crippen LogP contribution in [0, 0.1) is 12.7 Å². The van der Waals surface area contributed by atoms with Crippen molar-refractivity contribution in [3.05, 3.63) is 58.9 Å². The molecule has 0 saturated carbocycles. The van der Waals surface area contributed by atoms with Gasteiger partial charge in [0.25, 0.3) is 0 Å². The molecule has 0 aliphatic carbocycles. The minimum Gasteiger partial charge on any atom is -0.288 e. The maximum atomic E-state index is 13.3. The molecule has 0 unspecified atom stereocenters. The van der Waals surface area contributed by atoms with Crippen LogP contribution in [0.15, 0.2) is 42.5 Å². The third-order valence-corrected chi connectivity index (χ3v) is 7.01. The number of amides is 2. The van der Waals surface area contributed by atoms with Gasteiger partial charge in [0.15, 0.2) is 9.84 Å². The van der Waals surface area contributed by atoms with Gasteiger partial charge in [-0.3, -0.25) is 9.80 Å². The Morgan fingerprint density at radius 2 is 1.54 bits per heavy atom. The Labute approximate surface area is 155 Å². The van der Waals surface area contributed by atoms with Crippen LogP contribution < -0.4 is 9.80 Å². The highest BCUT2D eigenvalue weighted by Gasteiger charge is 2.54. The summed E-state index contributed by atoms with van der Waals surface area (Å²) >= 11 is 6.20. The number of rotatable bonds is 2. The third kappa shape index (κ3) is 2.75. The van der Waals surface area contributed by atoms with E-state index in [4.69, 9.17) is 11.6 Å². The van der Waals surface area contributed by atoms with Crippen molar-refractivity contribution in [3.63, 3.8) is 0 Å². The van der Waals surface area contributed by atoms with E-state index in [1.54, 1.807) is 18.2 Å². The van der Waals surface area contributed by atoms with Crippen LogP contribution in [0.1, 0.15) is 5.56 Å². The second-order valence-corrected chi connectivity index (χ2v) is 9.21. The minimum absolute atomic E-state index is 0.105. The molecule has 0 N–H and O–H groups in total. The molecular weight excluding hydrogens is 379 g/mol. The highest BCUT2D eigenvalue weighted by molar-refractivity contribution is 7.91. The topological polar surface area (TPSA) is 57.7 Å².